The van der Waals surface area contributed by atoms with E-state index in [0.717, 1.165) is 31.2 Å². The zero-order chi connectivity index (χ0) is 19.6. The van der Waals surface area contributed by atoms with Crippen molar-refractivity contribution in [2.24, 2.45) is 0 Å². The molecule has 0 radical (unpaired) electrons. The number of halogens is 1. The van der Waals surface area contributed by atoms with Gasteiger partial charge >= 0.3 is 5.97 Å². The summed E-state index contributed by atoms with van der Waals surface area (Å²) in [5.41, 5.74) is 0.856. The van der Waals surface area contributed by atoms with E-state index < -0.39 is 12.1 Å². The molecule has 1 aromatic rings. The summed E-state index contributed by atoms with van der Waals surface area (Å²) < 4.78 is 12.9. The fourth-order valence-corrected chi connectivity index (χ4v) is 3.34. The first-order valence-corrected chi connectivity index (χ1v) is 9.58. The van der Waals surface area contributed by atoms with E-state index in [9.17, 15) is 19.1 Å². The van der Waals surface area contributed by atoms with Gasteiger partial charge in [0.1, 0.15) is 5.82 Å². The minimum absolute atomic E-state index is 0.000567. The molecule has 0 bridgehead atoms. The predicted octanol–water partition coefficient (Wildman–Crippen LogP) is 3.31. The number of carboxylic acid groups (broad SMARTS) is 1. The molecule has 1 saturated heterocycles. The molecular weight excluding hydrogens is 349 g/mol. The van der Waals surface area contributed by atoms with Crippen molar-refractivity contribution in [1.29, 1.82) is 0 Å². The van der Waals surface area contributed by atoms with Crippen LogP contribution in [0.2, 0.25) is 0 Å². The normalized spacial score (nSPS) is 18.4. The molecule has 2 rings (SSSR count). The van der Waals surface area contributed by atoms with E-state index in [0.29, 0.717) is 25.8 Å². The van der Waals surface area contributed by atoms with Crippen molar-refractivity contribution in [1.82, 2.24) is 4.90 Å². The molecule has 1 aliphatic heterocycles. The number of hydrogen-bond acceptors (Lipinski definition) is 3. The molecule has 2 N–H and O–H groups in total. The van der Waals surface area contributed by atoms with Crippen LogP contribution in [0.4, 0.5) is 4.39 Å². The van der Waals surface area contributed by atoms with Gasteiger partial charge in [-0.05, 0) is 37.0 Å². The van der Waals surface area contributed by atoms with E-state index in [1.165, 1.54) is 12.1 Å². The van der Waals surface area contributed by atoms with Crippen molar-refractivity contribution in [2.45, 2.75) is 63.5 Å². The number of aliphatic hydroxyl groups is 1. The lowest BCUT2D eigenvalue weighted by atomic mass is 10.1. The van der Waals surface area contributed by atoms with Crippen LogP contribution in [0.5, 0.6) is 0 Å². The number of carboxylic acids is 1. The second kappa shape index (κ2) is 10.8. The highest BCUT2D eigenvalue weighted by molar-refractivity contribution is 5.79. The summed E-state index contributed by atoms with van der Waals surface area (Å²) in [6, 6.07) is 6.06. The highest BCUT2D eigenvalue weighted by Gasteiger charge is 2.28. The first-order chi connectivity index (χ1) is 13.0. The third kappa shape index (κ3) is 7.51. The Kier molecular flexibility index (Phi) is 8.45. The fraction of sp³-hybridized carbons (Fsp3) is 0.524. The number of amides is 1. The van der Waals surface area contributed by atoms with Gasteiger partial charge in [-0.15, -0.1) is 0 Å². The Morgan fingerprint density at radius 3 is 2.63 bits per heavy atom. The van der Waals surface area contributed by atoms with Crippen LogP contribution in [-0.2, 0) is 16.0 Å². The van der Waals surface area contributed by atoms with Crippen LogP contribution in [-0.4, -0.2) is 45.7 Å². The van der Waals surface area contributed by atoms with Gasteiger partial charge in [0, 0.05) is 25.8 Å². The van der Waals surface area contributed by atoms with Gasteiger partial charge in [0.15, 0.2) is 0 Å². The van der Waals surface area contributed by atoms with Crippen molar-refractivity contribution in [3.8, 4) is 0 Å². The molecule has 1 fully saturated rings. The minimum Gasteiger partial charge on any atom is -0.481 e. The Morgan fingerprint density at radius 1 is 1.22 bits per heavy atom. The summed E-state index contributed by atoms with van der Waals surface area (Å²) in [5, 5.41) is 18.8. The topological polar surface area (TPSA) is 77.8 Å². The lowest BCUT2D eigenvalue weighted by molar-refractivity contribution is -0.137. The smallest absolute Gasteiger partial charge is 0.303 e. The SMILES string of the molecule is O=C(O)CCCCCCN1C(=O)CC[C@@H]1C=C[C@@H](O)Cc1ccc(F)cc1. The average Bonchev–Trinajstić information content (AvgIpc) is 2.98. The molecule has 0 aliphatic carbocycles. The lowest BCUT2D eigenvalue weighted by Crippen LogP contribution is -2.32. The van der Waals surface area contributed by atoms with Crippen LogP contribution in [0.1, 0.15) is 50.5 Å². The molecule has 1 aromatic carbocycles. The minimum atomic E-state index is -0.769. The van der Waals surface area contributed by atoms with Crippen LogP contribution >= 0.6 is 0 Å². The molecule has 0 spiro atoms. The molecular formula is C21H28FNO4. The highest BCUT2D eigenvalue weighted by atomic mass is 19.1. The number of aliphatic carboxylic acids is 1. The number of hydrogen-bond donors (Lipinski definition) is 2. The Morgan fingerprint density at radius 2 is 1.93 bits per heavy atom. The molecule has 0 aromatic heterocycles. The maximum atomic E-state index is 12.9. The fourth-order valence-electron chi connectivity index (χ4n) is 3.34. The van der Waals surface area contributed by atoms with Crippen LogP contribution in [0.15, 0.2) is 36.4 Å². The summed E-state index contributed by atoms with van der Waals surface area (Å²) in [5.74, 6) is -0.941. The standard InChI is InChI=1S/C21H28FNO4/c22-17-8-6-16(7-9-17)15-19(24)12-10-18-11-13-20(25)23(18)14-4-2-1-3-5-21(26)27/h6-10,12,18-19,24H,1-5,11,13-15H2,(H,26,27)/t18-,19+/m0/s1. The van der Waals surface area contributed by atoms with E-state index in [-0.39, 0.29) is 24.2 Å². The first kappa shape index (κ1) is 21.1. The molecule has 148 valence electrons. The zero-order valence-electron chi connectivity index (χ0n) is 15.5. The monoisotopic (exact) mass is 377 g/mol. The molecule has 1 aliphatic rings. The molecule has 6 heteroatoms. The molecule has 1 amide bonds. The maximum Gasteiger partial charge on any atom is 0.303 e. The summed E-state index contributed by atoms with van der Waals surface area (Å²) in [4.78, 5) is 24.4. The number of carbonyl (C=O) groups excluding carboxylic acids is 1. The molecule has 1 heterocycles. The van der Waals surface area contributed by atoms with E-state index in [2.05, 4.69) is 0 Å². The van der Waals surface area contributed by atoms with E-state index in [4.69, 9.17) is 5.11 Å². The largest absolute Gasteiger partial charge is 0.481 e. The maximum absolute atomic E-state index is 12.9. The van der Waals surface area contributed by atoms with Crippen molar-refractivity contribution in [2.75, 3.05) is 6.54 Å². The van der Waals surface area contributed by atoms with Gasteiger partial charge in [0.25, 0.3) is 0 Å². The molecule has 0 saturated carbocycles. The van der Waals surface area contributed by atoms with Crippen molar-refractivity contribution in [3.05, 3.63) is 47.8 Å². The van der Waals surface area contributed by atoms with Crippen LogP contribution in [0, 0.1) is 5.82 Å². The number of rotatable bonds is 11. The Hall–Kier alpha value is -2.21. The number of aliphatic hydroxyl groups excluding tert-OH is 1. The second-order valence-corrected chi connectivity index (χ2v) is 7.03. The summed E-state index contributed by atoms with van der Waals surface area (Å²) in [6.07, 6.45) is 8.07. The quantitative estimate of drug-likeness (QED) is 0.458. The lowest BCUT2D eigenvalue weighted by Gasteiger charge is -2.22. The van der Waals surface area contributed by atoms with Crippen LogP contribution in [0.25, 0.3) is 0 Å². The van der Waals surface area contributed by atoms with Crippen molar-refractivity contribution in [3.63, 3.8) is 0 Å². The van der Waals surface area contributed by atoms with Gasteiger partial charge in [-0.25, -0.2) is 4.39 Å². The van der Waals surface area contributed by atoms with E-state index in [1.807, 2.05) is 11.0 Å². The van der Waals surface area contributed by atoms with Crippen molar-refractivity contribution >= 4 is 11.9 Å². The molecule has 5 nitrogen and oxygen atoms in total. The summed E-state index contributed by atoms with van der Waals surface area (Å²) in [7, 11) is 0. The second-order valence-electron chi connectivity index (χ2n) is 7.03. The van der Waals surface area contributed by atoms with Gasteiger partial charge in [-0.2, -0.15) is 0 Å². The Bertz CT molecular complexity index is 644. The summed E-state index contributed by atoms with van der Waals surface area (Å²) in [6.45, 7) is 0.662. The number of nitrogens with zero attached hydrogens (tertiary/aromatic N) is 1. The summed E-state index contributed by atoms with van der Waals surface area (Å²) >= 11 is 0. The zero-order valence-corrected chi connectivity index (χ0v) is 15.5. The molecule has 0 unspecified atom stereocenters. The van der Waals surface area contributed by atoms with Crippen LogP contribution < -0.4 is 0 Å². The molecule has 27 heavy (non-hydrogen) atoms. The van der Waals surface area contributed by atoms with E-state index in [1.54, 1.807) is 18.2 Å². The van der Waals surface area contributed by atoms with Crippen molar-refractivity contribution < 1.29 is 24.2 Å². The number of carbonyl (C=O) groups is 2. The predicted molar refractivity (Wildman–Crippen MR) is 101 cm³/mol. The first-order valence-electron chi connectivity index (χ1n) is 9.58. The number of unbranched alkanes of at least 4 members (excludes halogenated alkanes) is 3. The van der Waals surface area contributed by atoms with Gasteiger partial charge in [0.05, 0.1) is 12.1 Å². The third-order valence-corrected chi connectivity index (χ3v) is 4.83. The van der Waals surface area contributed by atoms with Gasteiger partial charge < -0.3 is 15.1 Å². The van der Waals surface area contributed by atoms with Gasteiger partial charge in [0.2, 0.25) is 5.91 Å². The Labute approximate surface area is 159 Å². The van der Waals surface area contributed by atoms with Crippen LogP contribution in [0.3, 0.4) is 0 Å². The number of benzene rings is 1. The highest BCUT2D eigenvalue weighted by Crippen LogP contribution is 2.21. The Balaban J connectivity index is 1.76. The van der Waals surface area contributed by atoms with E-state index >= 15 is 0 Å². The van der Waals surface area contributed by atoms with Gasteiger partial charge in [-0.3, -0.25) is 9.59 Å². The van der Waals surface area contributed by atoms with Gasteiger partial charge in [-0.1, -0.05) is 37.1 Å². The average molecular weight is 377 g/mol. The number of likely N-dealkylation sites (tertiary alicyclic amines) is 1. The molecule has 2 atom stereocenters. The third-order valence-electron chi connectivity index (χ3n) is 4.83.